The van der Waals surface area contributed by atoms with Crippen molar-refractivity contribution >= 4 is 23.0 Å². The fourth-order valence-electron chi connectivity index (χ4n) is 4.13. The first kappa shape index (κ1) is 18.0. The van der Waals surface area contributed by atoms with Crippen molar-refractivity contribution in [2.75, 3.05) is 0 Å². The van der Waals surface area contributed by atoms with Gasteiger partial charge in [-0.15, -0.1) is 0 Å². The van der Waals surface area contributed by atoms with Crippen molar-refractivity contribution in [1.29, 1.82) is 0 Å². The number of halogens is 2. The van der Waals surface area contributed by atoms with E-state index < -0.39 is 0 Å². The second kappa shape index (κ2) is 6.78. The third-order valence-electron chi connectivity index (χ3n) is 5.56. The molecule has 5 rings (SSSR count). The molecule has 0 fully saturated rings. The third kappa shape index (κ3) is 3.02. The van der Waals surface area contributed by atoms with E-state index in [1.807, 2.05) is 31.2 Å². The summed E-state index contributed by atoms with van der Waals surface area (Å²) in [7, 11) is 0. The minimum absolute atomic E-state index is 0.0663. The van der Waals surface area contributed by atoms with Crippen molar-refractivity contribution in [2.24, 2.45) is 0 Å². The van der Waals surface area contributed by atoms with Crippen LogP contribution in [0.5, 0.6) is 0 Å². The molecule has 2 aromatic carbocycles. The van der Waals surface area contributed by atoms with Crippen LogP contribution in [0.4, 0.5) is 4.39 Å². The van der Waals surface area contributed by atoms with Gasteiger partial charge in [0.25, 0.3) is 0 Å². The Morgan fingerprint density at radius 3 is 2.52 bits per heavy atom. The van der Waals surface area contributed by atoms with E-state index in [0.29, 0.717) is 29.1 Å². The standard InChI is InChI=1S/C23H17ClFN3O/c1-13-22(15-4-8-18(25)9-5-15)23-26-12-19-20(28(23)27-13)10-16(11-21(19)29)14-2-6-17(24)7-3-14/h2-9,12,16H,10-11H2,1H3. The molecule has 144 valence electrons. The smallest absolute Gasteiger partial charge is 0.166 e. The summed E-state index contributed by atoms with van der Waals surface area (Å²) in [5.41, 5.74) is 5.74. The average molecular weight is 406 g/mol. The lowest BCUT2D eigenvalue weighted by molar-refractivity contribution is 0.0962. The molecule has 4 nitrogen and oxygen atoms in total. The number of hydrogen-bond donors (Lipinski definition) is 0. The molecule has 0 saturated heterocycles. The molecule has 0 spiro atoms. The molecule has 4 aromatic rings. The Morgan fingerprint density at radius 1 is 1.07 bits per heavy atom. The summed E-state index contributed by atoms with van der Waals surface area (Å²) in [4.78, 5) is 17.4. The number of hydrogen-bond acceptors (Lipinski definition) is 3. The highest BCUT2D eigenvalue weighted by Crippen LogP contribution is 2.35. The average Bonchev–Trinajstić information content (AvgIpc) is 3.05. The molecule has 0 aliphatic heterocycles. The molecule has 0 N–H and O–H groups in total. The highest BCUT2D eigenvalue weighted by Gasteiger charge is 2.30. The zero-order valence-electron chi connectivity index (χ0n) is 15.7. The number of fused-ring (bicyclic) bond motifs is 3. The highest BCUT2D eigenvalue weighted by atomic mass is 35.5. The Kier molecular flexibility index (Phi) is 4.21. The number of carbonyl (C=O) groups excluding carboxylic acids is 1. The quantitative estimate of drug-likeness (QED) is 0.448. The summed E-state index contributed by atoms with van der Waals surface area (Å²) in [6.07, 6.45) is 2.78. The van der Waals surface area contributed by atoms with Crippen LogP contribution in [-0.4, -0.2) is 20.4 Å². The van der Waals surface area contributed by atoms with Gasteiger partial charge in [0.2, 0.25) is 0 Å². The van der Waals surface area contributed by atoms with Gasteiger partial charge in [0.15, 0.2) is 11.4 Å². The number of benzene rings is 2. The Balaban J connectivity index is 1.65. The molecule has 2 heterocycles. The predicted octanol–water partition coefficient (Wildman–Crippen LogP) is 5.41. The van der Waals surface area contributed by atoms with Crippen LogP contribution in [0.25, 0.3) is 16.8 Å². The van der Waals surface area contributed by atoms with Gasteiger partial charge in [-0.2, -0.15) is 5.10 Å². The lowest BCUT2D eigenvalue weighted by atomic mass is 9.82. The van der Waals surface area contributed by atoms with Crippen LogP contribution in [0.2, 0.25) is 5.02 Å². The normalized spacial score (nSPS) is 16.2. The predicted molar refractivity (Wildman–Crippen MR) is 110 cm³/mol. The van der Waals surface area contributed by atoms with Crippen LogP contribution in [-0.2, 0) is 6.42 Å². The minimum atomic E-state index is -0.287. The van der Waals surface area contributed by atoms with Crippen molar-refractivity contribution < 1.29 is 9.18 Å². The summed E-state index contributed by atoms with van der Waals surface area (Å²) in [6, 6.07) is 14.0. The second-order valence-electron chi connectivity index (χ2n) is 7.40. The first-order valence-corrected chi connectivity index (χ1v) is 9.81. The maximum absolute atomic E-state index is 13.4. The third-order valence-corrected chi connectivity index (χ3v) is 5.82. The van der Waals surface area contributed by atoms with Crippen LogP contribution in [0.15, 0.2) is 54.7 Å². The van der Waals surface area contributed by atoms with Crippen molar-refractivity contribution in [3.8, 4) is 11.1 Å². The van der Waals surface area contributed by atoms with Gasteiger partial charge < -0.3 is 0 Å². The summed E-state index contributed by atoms with van der Waals surface area (Å²) < 4.78 is 15.1. The molecule has 0 bridgehead atoms. The Hall–Kier alpha value is -3.05. The lowest BCUT2D eigenvalue weighted by Gasteiger charge is -2.24. The maximum Gasteiger partial charge on any atom is 0.166 e. The van der Waals surface area contributed by atoms with Crippen LogP contribution >= 0.6 is 11.6 Å². The Morgan fingerprint density at radius 2 is 1.79 bits per heavy atom. The van der Waals surface area contributed by atoms with E-state index in [9.17, 15) is 9.18 Å². The van der Waals surface area contributed by atoms with Crippen molar-refractivity contribution in [3.05, 3.63) is 88.1 Å². The minimum Gasteiger partial charge on any atom is -0.294 e. The van der Waals surface area contributed by atoms with Crippen molar-refractivity contribution in [3.63, 3.8) is 0 Å². The first-order chi connectivity index (χ1) is 14.0. The number of Topliss-reactive ketones (excluding diaryl/α,β-unsaturated/α-hetero) is 1. The van der Waals surface area contributed by atoms with Crippen LogP contribution in [0, 0.1) is 12.7 Å². The molecule has 0 radical (unpaired) electrons. The van der Waals surface area contributed by atoms with Crippen molar-refractivity contribution in [1.82, 2.24) is 14.6 Å². The van der Waals surface area contributed by atoms with Gasteiger partial charge in [0.1, 0.15) is 5.82 Å². The van der Waals surface area contributed by atoms with E-state index in [1.54, 1.807) is 22.8 Å². The monoisotopic (exact) mass is 405 g/mol. The SMILES string of the molecule is Cc1nn2c3c(cnc2c1-c1ccc(F)cc1)C(=O)CC(c1ccc(Cl)cc1)C3. The van der Waals surface area contributed by atoms with Gasteiger partial charge in [-0.05, 0) is 54.7 Å². The number of nitrogens with zero attached hydrogens (tertiary/aromatic N) is 3. The Bertz CT molecular complexity index is 1250. The molecule has 1 aliphatic rings. The first-order valence-electron chi connectivity index (χ1n) is 9.43. The number of rotatable bonds is 2. The number of carbonyl (C=O) groups is 1. The molecule has 29 heavy (non-hydrogen) atoms. The maximum atomic E-state index is 13.4. The molecule has 6 heteroatoms. The van der Waals surface area contributed by atoms with E-state index in [-0.39, 0.29) is 17.5 Å². The van der Waals surface area contributed by atoms with Crippen molar-refractivity contribution in [2.45, 2.75) is 25.7 Å². The number of ketones is 1. The van der Waals surface area contributed by atoms with E-state index in [4.69, 9.17) is 11.6 Å². The fraction of sp³-hybridized carbons (Fsp3) is 0.174. The van der Waals surface area contributed by atoms with Gasteiger partial charge in [-0.1, -0.05) is 35.9 Å². The molecule has 2 aromatic heterocycles. The van der Waals surface area contributed by atoms with E-state index in [2.05, 4.69) is 10.1 Å². The largest absolute Gasteiger partial charge is 0.294 e. The number of aryl methyl sites for hydroxylation is 1. The zero-order chi connectivity index (χ0) is 20.1. The zero-order valence-corrected chi connectivity index (χ0v) is 16.4. The molecular formula is C23H17ClFN3O. The lowest BCUT2D eigenvalue weighted by Crippen LogP contribution is -2.22. The van der Waals surface area contributed by atoms with Crippen LogP contribution in [0.3, 0.4) is 0 Å². The van der Waals surface area contributed by atoms with Crippen LogP contribution in [0.1, 0.15) is 39.6 Å². The topological polar surface area (TPSA) is 47.3 Å². The van der Waals surface area contributed by atoms with E-state index >= 15 is 0 Å². The molecule has 0 saturated carbocycles. The summed E-state index contributed by atoms with van der Waals surface area (Å²) >= 11 is 6.01. The summed E-state index contributed by atoms with van der Waals surface area (Å²) in [5.74, 6) is -0.154. The van der Waals surface area contributed by atoms with Gasteiger partial charge in [-0.3, -0.25) is 4.79 Å². The molecule has 1 unspecified atom stereocenters. The van der Waals surface area contributed by atoms with Gasteiger partial charge in [-0.25, -0.2) is 13.9 Å². The van der Waals surface area contributed by atoms with E-state index in [0.717, 1.165) is 28.1 Å². The molecule has 1 atom stereocenters. The highest BCUT2D eigenvalue weighted by molar-refractivity contribution is 6.30. The molecular weight excluding hydrogens is 389 g/mol. The molecule has 1 aliphatic carbocycles. The van der Waals surface area contributed by atoms with Crippen LogP contribution < -0.4 is 0 Å². The van der Waals surface area contributed by atoms with Gasteiger partial charge in [0, 0.05) is 23.2 Å². The number of aromatic nitrogens is 3. The summed E-state index contributed by atoms with van der Waals surface area (Å²) in [5, 5.41) is 5.36. The fourth-order valence-corrected chi connectivity index (χ4v) is 4.26. The van der Waals surface area contributed by atoms with Gasteiger partial charge >= 0.3 is 0 Å². The van der Waals surface area contributed by atoms with E-state index in [1.165, 1.54) is 12.1 Å². The second-order valence-corrected chi connectivity index (χ2v) is 7.84. The molecule has 0 amide bonds. The van der Waals surface area contributed by atoms with Gasteiger partial charge in [0.05, 0.1) is 17.0 Å². The Labute approximate surface area is 172 Å². The summed E-state index contributed by atoms with van der Waals surface area (Å²) in [6.45, 7) is 1.90.